The SMILES string of the molecule is CC(=O)N1CCC2(CCN(c3cc(Cl)ccc3CN3CCN(C(=O)O)C(C(C(F)(F)F)C(F)(F)F)C3)CC2)C1. The van der Waals surface area contributed by atoms with E-state index in [0.29, 0.717) is 30.2 Å². The van der Waals surface area contributed by atoms with Gasteiger partial charge < -0.3 is 19.8 Å². The number of nitrogens with zero attached hydrogens (tertiary/aromatic N) is 4. The van der Waals surface area contributed by atoms with Gasteiger partial charge in [0.1, 0.15) is 0 Å². The minimum Gasteiger partial charge on any atom is -0.465 e. The maximum Gasteiger partial charge on any atom is 0.407 e. The molecular weight excluding hydrogens is 554 g/mol. The van der Waals surface area contributed by atoms with E-state index in [4.69, 9.17) is 11.6 Å². The minimum absolute atomic E-state index is 0.0166. The molecule has 3 aliphatic heterocycles. The number of hydrogen-bond donors (Lipinski definition) is 1. The molecule has 3 fully saturated rings. The molecule has 1 spiro atoms. The Kier molecular flexibility index (Phi) is 8.24. The van der Waals surface area contributed by atoms with Crippen molar-refractivity contribution < 1.29 is 41.0 Å². The van der Waals surface area contributed by atoms with E-state index in [1.54, 1.807) is 25.1 Å². The molecule has 39 heavy (non-hydrogen) atoms. The number of anilines is 1. The number of likely N-dealkylation sites (tertiary alicyclic amines) is 1. The Morgan fingerprint density at radius 1 is 1.03 bits per heavy atom. The third kappa shape index (κ3) is 6.50. The first-order valence-electron chi connectivity index (χ1n) is 12.7. The van der Waals surface area contributed by atoms with Crippen molar-refractivity contribution >= 4 is 29.3 Å². The highest BCUT2D eigenvalue weighted by molar-refractivity contribution is 6.30. The molecule has 3 heterocycles. The van der Waals surface area contributed by atoms with Crippen LogP contribution in [0.3, 0.4) is 0 Å². The van der Waals surface area contributed by atoms with E-state index in [-0.39, 0.29) is 29.3 Å². The largest absolute Gasteiger partial charge is 0.465 e. The molecule has 1 atom stereocenters. The van der Waals surface area contributed by atoms with Crippen molar-refractivity contribution in [1.82, 2.24) is 14.7 Å². The zero-order valence-electron chi connectivity index (χ0n) is 21.4. The quantitative estimate of drug-likeness (QED) is 0.500. The predicted octanol–water partition coefficient (Wildman–Crippen LogP) is 5.08. The second-order valence-corrected chi connectivity index (χ2v) is 11.2. The van der Waals surface area contributed by atoms with Crippen LogP contribution in [0.25, 0.3) is 0 Å². The Balaban J connectivity index is 1.52. The zero-order valence-corrected chi connectivity index (χ0v) is 22.1. The monoisotopic (exact) mass is 584 g/mol. The molecule has 1 aromatic carbocycles. The lowest BCUT2D eigenvalue weighted by molar-refractivity contribution is -0.300. The third-order valence-corrected chi connectivity index (χ3v) is 8.56. The van der Waals surface area contributed by atoms with Crippen molar-refractivity contribution in [2.24, 2.45) is 11.3 Å². The number of alkyl halides is 6. The van der Waals surface area contributed by atoms with Crippen LogP contribution in [0.2, 0.25) is 5.02 Å². The Morgan fingerprint density at radius 3 is 2.18 bits per heavy atom. The van der Waals surface area contributed by atoms with Crippen LogP contribution in [0.5, 0.6) is 0 Å². The van der Waals surface area contributed by atoms with Crippen LogP contribution >= 0.6 is 11.6 Å². The summed E-state index contributed by atoms with van der Waals surface area (Å²) in [7, 11) is 0. The van der Waals surface area contributed by atoms with Crippen LogP contribution in [0, 0.1) is 11.3 Å². The molecule has 1 aromatic rings. The van der Waals surface area contributed by atoms with Gasteiger partial charge in [0, 0.05) is 70.0 Å². The van der Waals surface area contributed by atoms with E-state index in [1.165, 1.54) is 4.90 Å². The summed E-state index contributed by atoms with van der Waals surface area (Å²) in [6.07, 6.45) is -10.6. The lowest BCUT2D eigenvalue weighted by Crippen LogP contribution is -2.62. The predicted molar refractivity (Wildman–Crippen MR) is 132 cm³/mol. The second-order valence-electron chi connectivity index (χ2n) is 10.8. The number of piperidine rings is 1. The number of amides is 2. The summed E-state index contributed by atoms with van der Waals surface area (Å²) < 4.78 is 81.2. The number of halogens is 7. The van der Waals surface area contributed by atoms with E-state index in [1.807, 2.05) is 4.90 Å². The summed E-state index contributed by atoms with van der Waals surface area (Å²) >= 11 is 6.27. The van der Waals surface area contributed by atoms with Crippen LogP contribution in [0.15, 0.2) is 18.2 Å². The molecule has 3 aliphatic rings. The lowest BCUT2D eigenvalue weighted by Gasteiger charge is -2.44. The normalized spacial score (nSPS) is 22.7. The first-order valence-corrected chi connectivity index (χ1v) is 13.1. The van der Waals surface area contributed by atoms with Crippen LogP contribution in [-0.2, 0) is 11.3 Å². The number of rotatable bonds is 4. The number of piperazine rings is 1. The van der Waals surface area contributed by atoms with Crippen molar-refractivity contribution in [1.29, 1.82) is 0 Å². The molecule has 2 amide bonds. The molecule has 0 radical (unpaired) electrons. The van der Waals surface area contributed by atoms with Crippen LogP contribution in [0.4, 0.5) is 36.8 Å². The van der Waals surface area contributed by atoms with E-state index in [9.17, 15) is 41.0 Å². The molecule has 0 saturated carbocycles. The summed E-state index contributed by atoms with van der Waals surface area (Å²) in [6, 6.07) is 2.74. The standard InChI is InChI=1S/C25H31ClF6N4O3/c1-16(37)35-9-6-23(15-35)4-7-34(8-5-23)19-12-18(26)3-2-17(19)13-33-10-11-36(22(38)39)20(14-33)21(24(27,28)29)25(30,31)32/h2-3,12,20-21H,4-11,13-15H2,1H3,(H,38,39). The summed E-state index contributed by atoms with van der Waals surface area (Å²) in [5, 5.41) is 9.82. The molecule has 0 aliphatic carbocycles. The highest BCUT2D eigenvalue weighted by atomic mass is 35.5. The van der Waals surface area contributed by atoms with Gasteiger partial charge in [0.05, 0.1) is 6.04 Å². The maximum absolute atomic E-state index is 13.5. The molecule has 0 aromatic heterocycles. The van der Waals surface area contributed by atoms with Gasteiger partial charge >= 0.3 is 18.4 Å². The van der Waals surface area contributed by atoms with Gasteiger partial charge in [0.25, 0.3) is 0 Å². The van der Waals surface area contributed by atoms with Crippen molar-refractivity contribution in [2.75, 3.05) is 50.7 Å². The Labute approximate surface area is 227 Å². The van der Waals surface area contributed by atoms with E-state index >= 15 is 0 Å². The summed E-state index contributed by atoms with van der Waals surface area (Å²) in [5.74, 6) is -3.75. The Bertz CT molecular complexity index is 1060. The van der Waals surface area contributed by atoms with Crippen molar-refractivity contribution in [3.05, 3.63) is 28.8 Å². The van der Waals surface area contributed by atoms with Gasteiger partial charge in [0.15, 0.2) is 5.92 Å². The molecule has 1 unspecified atom stereocenters. The average Bonchev–Trinajstić information content (AvgIpc) is 3.23. The number of benzene rings is 1. The molecule has 4 rings (SSSR count). The lowest BCUT2D eigenvalue weighted by atomic mass is 9.77. The molecule has 218 valence electrons. The van der Waals surface area contributed by atoms with Crippen molar-refractivity contribution in [3.63, 3.8) is 0 Å². The van der Waals surface area contributed by atoms with E-state index in [2.05, 4.69) is 4.90 Å². The van der Waals surface area contributed by atoms with Crippen molar-refractivity contribution in [2.45, 2.75) is 51.1 Å². The number of carboxylic acid groups (broad SMARTS) is 1. The van der Waals surface area contributed by atoms with Crippen LogP contribution < -0.4 is 4.90 Å². The average molecular weight is 585 g/mol. The fourth-order valence-corrected chi connectivity index (χ4v) is 6.36. The summed E-state index contributed by atoms with van der Waals surface area (Å²) in [4.78, 5) is 29.0. The van der Waals surface area contributed by atoms with Gasteiger partial charge in [-0.05, 0) is 42.4 Å². The fourth-order valence-electron chi connectivity index (χ4n) is 6.20. The Morgan fingerprint density at radius 2 is 1.64 bits per heavy atom. The highest BCUT2D eigenvalue weighted by Gasteiger charge is 2.62. The topological polar surface area (TPSA) is 67.3 Å². The molecule has 3 saturated heterocycles. The van der Waals surface area contributed by atoms with Crippen molar-refractivity contribution in [3.8, 4) is 0 Å². The molecular formula is C25H31ClF6N4O3. The first kappa shape index (κ1) is 29.6. The molecule has 14 heteroatoms. The minimum atomic E-state index is -5.66. The first-order chi connectivity index (χ1) is 18.1. The Hall–Kier alpha value is -2.41. The third-order valence-electron chi connectivity index (χ3n) is 8.33. The smallest absolute Gasteiger partial charge is 0.407 e. The van der Waals surface area contributed by atoms with Gasteiger partial charge in [0.2, 0.25) is 5.91 Å². The van der Waals surface area contributed by atoms with Gasteiger partial charge in [-0.15, -0.1) is 0 Å². The van der Waals surface area contributed by atoms with E-state index in [0.717, 1.165) is 31.5 Å². The highest BCUT2D eigenvalue weighted by Crippen LogP contribution is 2.45. The fraction of sp³-hybridized carbons (Fsp3) is 0.680. The summed E-state index contributed by atoms with van der Waals surface area (Å²) in [5.41, 5.74) is 1.47. The zero-order chi connectivity index (χ0) is 28.8. The van der Waals surface area contributed by atoms with Gasteiger partial charge in [-0.2, -0.15) is 26.3 Å². The van der Waals surface area contributed by atoms with Gasteiger partial charge in [-0.25, -0.2) is 4.79 Å². The van der Waals surface area contributed by atoms with Gasteiger partial charge in [-0.3, -0.25) is 9.69 Å². The second kappa shape index (κ2) is 10.9. The molecule has 1 N–H and O–H groups in total. The molecule has 7 nitrogen and oxygen atoms in total. The number of carbonyl (C=O) groups is 2. The van der Waals surface area contributed by atoms with Gasteiger partial charge in [-0.1, -0.05) is 17.7 Å². The van der Waals surface area contributed by atoms with E-state index < -0.39 is 43.5 Å². The number of hydrogen-bond acceptors (Lipinski definition) is 4. The number of carbonyl (C=O) groups excluding carboxylic acids is 1. The molecule has 0 bridgehead atoms. The van der Waals surface area contributed by atoms with Crippen LogP contribution in [-0.4, -0.2) is 96.0 Å². The maximum atomic E-state index is 13.5. The van der Waals surface area contributed by atoms with Crippen LogP contribution in [0.1, 0.15) is 31.7 Å². The summed E-state index contributed by atoms with van der Waals surface area (Å²) in [6.45, 7) is 3.13.